The number of primary amides is 1. The van der Waals surface area contributed by atoms with Crippen molar-refractivity contribution in [2.24, 2.45) is 10.8 Å². The lowest BCUT2D eigenvalue weighted by atomic mass is 10.2. The molecule has 0 aromatic rings. The van der Waals surface area contributed by atoms with E-state index in [9.17, 15) is 4.79 Å². The number of rotatable bonds is 0. The van der Waals surface area contributed by atoms with Crippen molar-refractivity contribution in [3.8, 4) is 0 Å². The molecule has 0 aliphatic carbocycles. The molecule has 2 amide bonds. The third-order valence-corrected chi connectivity index (χ3v) is 1.43. The number of hydrazone groups is 1. The molecule has 0 fully saturated rings. The predicted octanol–water partition coefficient (Wildman–Crippen LogP) is 0.537. The number of nitrogens with zero attached hydrogens (tertiary/aromatic N) is 2. The first kappa shape index (κ1) is 7.05. The molecular formula is C6H11N3O. The van der Waals surface area contributed by atoms with Gasteiger partial charge >= 0.3 is 6.03 Å². The van der Waals surface area contributed by atoms with Crippen LogP contribution in [0.1, 0.15) is 19.3 Å². The third-order valence-electron chi connectivity index (χ3n) is 1.43. The van der Waals surface area contributed by atoms with Crippen LogP contribution in [0.5, 0.6) is 0 Å². The molecule has 56 valence electrons. The van der Waals surface area contributed by atoms with Gasteiger partial charge in [-0.1, -0.05) is 0 Å². The maximum absolute atomic E-state index is 10.5. The van der Waals surface area contributed by atoms with Gasteiger partial charge in [0.1, 0.15) is 0 Å². The molecule has 0 saturated carbocycles. The van der Waals surface area contributed by atoms with Gasteiger partial charge in [-0.25, -0.2) is 9.80 Å². The first-order chi connectivity index (χ1) is 4.80. The zero-order valence-electron chi connectivity index (χ0n) is 5.79. The average Bonchev–Trinajstić information content (AvgIpc) is 2.12. The van der Waals surface area contributed by atoms with Gasteiger partial charge in [0.2, 0.25) is 0 Å². The highest BCUT2D eigenvalue weighted by molar-refractivity contribution is 5.73. The van der Waals surface area contributed by atoms with Crippen molar-refractivity contribution in [3.63, 3.8) is 0 Å². The van der Waals surface area contributed by atoms with E-state index in [1.807, 2.05) is 0 Å². The molecule has 4 nitrogen and oxygen atoms in total. The van der Waals surface area contributed by atoms with Crippen molar-refractivity contribution in [2.45, 2.75) is 19.3 Å². The highest BCUT2D eigenvalue weighted by atomic mass is 16.2. The lowest BCUT2D eigenvalue weighted by molar-refractivity contribution is 0.210. The number of urea groups is 1. The first-order valence-corrected chi connectivity index (χ1v) is 3.40. The number of hydrogen-bond donors (Lipinski definition) is 1. The second-order valence-electron chi connectivity index (χ2n) is 2.26. The Balaban J connectivity index is 2.49. The normalized spacial score (nSPS) is 18.6. The van der Waals surface area contributed by atoms with E-state index in [1.54, 1.807) is 6.21 Å². The summed E-state index contributed by atoms with van der Waals surface area (Å²) < 4.78 is 0. The summed E-state index contributed by atoms with van der Waals surface area (Å²) in [6, 6.07) is -0.460. The molecule has 0 unspecified atom stereocenters. The number of carbonyl (C=O) groups is 1. The Hall–Kier alpha value is -1.06. The third kappa shape index (κ3) is 1.72. The topological polar surface area (TPSA) is 58.7 Å². The van der Waals surface area contributed by atoms with Gasteiger partial charge in [0.15, 0.2) is 0 Å². The molecule has 0 aromatic heterocycles. The van der Waals surface area contributed by atoms with Crippen LogP contribution >= 0.6 is 0 Å². The van der Waals surface area contributed by atoms with Crippen molar-refractivity contribution >= 4 is 12.2 Å². The van der Waals surface area contributed by atoms with Crippen LogP contribution in [0.15, 0.2) is 5.10 Å². The summed E-state index contributed by atoms with van der Waals surface area (Å²) in [5.41, 5.74) is 5.01. The van der Waals surface area contributed by atoms with Crippen molar-refractivity contribution < 1.29 is 4.79 Å². The molecule has 1 aliphatic rings. The van der Waals surface area contributed by atoms with E-state index in [4.69, 9.17) is 5.73 Å². The van der Waals surface area contributed by atoms with E-state index < -0.39 is 6.03 Å². The van der Waals surface area contributed by atoms with Crippen LogP contribution < -0.4 is 5.73 Å². The minimum Gasteiger partial charge on any atom is -0.350 e. The van der Waals surface area contributed by atoms with Crippen LogP contribution in [0.2, 0.25) is 0 Å². The number of hydrogen-bond acceptors (Lipinski definition) is 2. The van der Waals surface area contributed by atoms with Crippen LogP contribution in [-0.2, 0) is 0 Å². The Bertz CT molecular complexity index is 155. The maximum atomic E-state index is 10.5. The molecule has 0 spiro atoms. The Kier molecular flexibility index (Phi) is 2.25. The summed E-state index contributed by atoms with van der Waals surface area (Å²) in [6.07, 6.45) is 4.76. The van der Waals surface area contributed by atoms with E-state index in [1.165, 1.54) is 5.01 Å². The molecule has 0 aromatic carbocycles. The molecular weight excluding hydrogens is 130 g/mol. The van der Waals surface area contributed by atoms with E-state index in [-0.39, 0.29) is 0 Å². The summed E-state index contributed by atoms with van der Waals surface area (Å²) in [4.78, 5) is 10.5. The minimum absolute atomic E-state index is 0.460. The molecule has 1 rings (SSSR count). The van der Waals surface area contributed by atoms with Gasteiger partial charge in [-0.15, -0.1) is 0 Å². The summed E-state index contributed by atoms with van der Waals surface area (Å²) in [5.74, 6) is 0. The van der Waals surface area contributed by atoms with Crippen molar-refractivity contribution in [2.75, 3.05) is 6.54 Å². The van der Waals surface area contributed by atoms with Gasteiger partial charge < -0.3 is 5.73 Å². The molecule has 2 N–H and O–H groups in total. The number of amides is 2. The van der Waals surface area contributed by atoms with Crippen molar-refractivity contribution in [3.05, 3.63) is 0 Å². The van der Waals surface area contributed by atoms with Gasteiger partial charge in [-0.2, -0.15) is 5.10 Å². The smallest absolute Gasteiger partial charge is 0.335 e. The largest absolute Gasteiger partial charge is 0.350 e. The number of nitrogens with two attached hydrogens (primary N) is 1. The quantitative estimate of drug-likeness (QED) is 0.525. The second kappa shape index (κ2) is 3.20. The second-order valence-corrected chi connectivity index (χ2v) is 2.26. The minimum atomic E-state index is -0.460. The van der Waals surface area contributed by atoms with Crippen molar-refractivity contribution in [1.82, 2.24) is 5.01 Å². The first-order valence-electron chi connectivity index (χ1n) is 3.40. The summed E-state index contributed by atoms with van der Waals surface area (Å²) >= 11 is 0. The van der Waals surface area contributed by atoms with Crippen LogP contribution in [0, 0.1) is 0 Å². The van der Waals surface area contributed by atoms with Gasteiger partial charge in [0, 0.05) is 12.8 Å². The molecule has 0 bridgehead atoms. The molecule has 0 radical (unpaired) electrons. The molecule has 0 saturated heterocycles. The lowest BCUT2D eigenvalue weighted by Gasteiger charge is -2.10. The fraction of sp³-hybridized carbons (Fsp3) is 0.667. The fourth-order valence-corrected chi connectivity index (χ4v) is 0.878. The summed E-state index contributed by atoms with van der Waals surface area (Å²) in [6.45, 7) is 0.659. The lowest BCUT2D eigenvalue weighted by Crippen LogP contribution is -2.31. The van der Waals surface area contributed by atoms with Gasteiger partial charge in [0.25, 0.3) is 0 Å². The highest BCUT2D eigenvalue weighted by Crippen LogP contribution is 2.02. The van der Waals surface area contributed by atoms with E-state index in [0.29, 0.717) is 6.54 Å². The van der Waals surface area contributed by atoms with E-state index >= 15 is 0 Å². The SMILES string of the molecule is NC(=O)N1CCCCC=N1. The zero-order valence-corrected chi connectivity index (χ0v) is 5.79. The highest BCUT2D eigenvalue weighted by Gasteiger charge is 2.07. The standard InChI is InChI=1S/C6H11N3O/c7-6(10)9-5-3-1-2-4-8-9/h4H,1-3,5H2,(H2,7,10). The maximum Gasteiger partial charge on any atom is 0.335 e. The summed E-state index contributed by atoms with van der Waals surface area (Å²) in [5, 5.41) is 5.16. The Morgan fingerprint density at radius 1 is 1.60 bits per heavy atom. The van der Waals surface area contributed by atoms with Crippen LogP contribution in [0.4, 0.5) is 4.79 Å². The van der Waals surface area contributed by atoms with Crippen molar-refractivity contribution in [1.29, 1.82) is 0 Å². The van der Waals surface area contributed by atoms with Crippen LogP contribution in [0.25, 0.3) is 0 Å². The molecule has 0 atom stereocenters. The van der Waals surface area contributed by atoms with Crippen LogP contribution in [0.3, 0.4) is 0 Å². The van der Waals surface area contributed by atoms with Gasteiger partial charge in [-0.3, -0.25) is 0 Å². The summed E-state index contributed by atoms with van der Waals surface area (Å²) in [7, 11) is 0. The fourth-order valence-electron chi connectivity index (χ4n) is 0.878. The van der Waals surface area contributed by atoms with Gasteiger partial charge in [0.05, 0.1) is 0 Å². The predicted molar refractivity (Wildman–Crippen MR) is 38.6 cm³/mol. The van der Waals surface area contributed by atoms with Gasteiger partial charge in [-0.05, 0) is 19.3 Å². The van der Waals surface area contributed by atoms with E-state index in [0.717, 1.165) is 19.3 Å². The molecule has 1 aliphatic heterocycles. The average molecular weight is 141 g/mol. The number of carbonyl (C=O) groups excluding carboxylic acids is 1. The van der Waals surface area contributed by atoms with E-state index in [2.05, 4.69) is 5.10 Å². The Morgan fingerprint density at radius 3 is 3.10 bits per heavy atom. The van der Waals surface area contributed by atoms with Crippen LogP contribution in [-0.4, -0.2) is 23.8 Å². The molecule has 1 heterocycles. The molecule has 4 heteroatoms. The monoisotopic (exact) mass is 141 g/mol. The zero-order chi connectivity index (χ0) is 7.40. The Morgan fingerprint density at radius 2 is 2.40 bits per heavy atom. The Labute approximate surface area is 59.7 Å². The molecule has 10 heavy (non-hydrogen) atoms.